The minimum atomic E-state index is -4.40. The van der Waals surface area contributed by atoms with E-state index in [1.165, 1.54) is 21.8 Å². The molecule has 0 amide bonds. The van der Waals surface area contributed by atoms with Crippen LogP contribution in [0.25, 0.3) is 22.3 Å². The Bertz CT molecular complexity index is 1870. The topological polar surface area (TPSA) is 271 Å². The number of hydrogen-bond acceptors (Lipinski definition) is 17. The van der Waals surface area contributed by atoms with Crippen molar-refractivity contribution < 1.29 is 42.0 Å². The summed E-state index contributed by atoms with van der Waals surface area (Å²) in [7, 11) is -2.99. The molecular weight excluding hydrogens is 701 g/mol. The number of fused-ring (bicyclic) bond motifs is 2. The highest BCUT2D eigenvalue weighted by molar-refractivity contribution is 8.44. The molecule has 10 atom stereocenters. The smallest absolute Gasteiger partial charge is 0.386 e. The number of halogens is 1. The first-order valence-electron chi connectivity index (χ1n) is 12.8. The van der Waals surface area contributed by atoms with Gasteiger partial charge in [-0.3, -0.25) is 32.5 Å². The molecule has 4 aromatic heterocycles. The lowest BCUT2D eigenvalue weighted by molar-refractivity contribution is -0.0427. The number of ether oxygens (including phenoxy) is 1. The van der Waals surface area contributed by atoms with Crippen molar-refractivity contribution in [3.8, 4) is 0 Å². The predicted molar refractivity (Wildman–Crippen MR) is 165 cm³/mol. The van der Waals surface area contributed by atoms with E-state index in [2.05, 4.69) is 54.4 Å². The zero-order chi connectivity index (χ0) is 32.2. The molecule has 0 aromatic carbocycles. The number of aliphatic hydroxyl groups excluding tert-OH is 2. The number of aliphatic hydroxyl groups is 2. The first kappa shape index (κ1) is 32.6. The number of nitrogen functional groups attached to an aromatic ring is 2. The van der Waals surface area contributed by atoms with Crippen molar-refractivity contribution in [1.29, 1.82) is 0 Å². The number of thioether (sulfide) groups is 1. The van der Waals surface area contributed by atoms with Gasteiger partial charge >= 0.3 is 6.80 Å². The summed E-state index contributed by atoms with van der Waals surface area (Å²) >= 11 is 8.84. The molecule has 0 saturated carbocycles. The van der Waals surface area contributed by atoms with E-state index in [1.807, 2.05) is 0 Å². The maximum atomic E-state index is 15.7. The van der Waals surface area contributed by atoms with Gasteiger partial charge < -0.3 is 30.9 Å². The molecule has 6 heterocycles. The summed E-state index contributed by atoms with van der Waals surface area (Å²) in [5.74, 6) is -0.143. The zero-order valence-corrected chi connectivity index (χ0v) is 26.9. The fraction of sp³-hybridized carbons (Fsp3) is 0.500. The molecule has 6 rings (SSSR count). The number of H-pyrrole nitrogens is 1. The van der Waals surface area contributed by atoms with E-state index in [1.54, 1.807) is 0 Å². The van der Waals surface area contributed by atoms with Gasteiger partial charge in [0.2, 0.25) is 13.2 Å². The van der Waals surface area contributed by atoms with Gasteiger partial charge in [-0.1, -0.05) is 24.5 Å². The summed E-state index contributed by atoms with van der Waals surface area (Å²) in [6.45, 7) is -5.53. The lowest BCUT2D eigenvalue weighted by Gasteiger charge is -2.26. The fourth-order valence-corrected chi connectivity index (χ4v) is 8.90. The van der Waals surface area contributed by atoms with Gasteiger partial charge in [0.15, 0.2) is 35.0 Å². The van der Waals surface area contributed by atoms with E-state index in [-0.39, 0.29) is 34.1 Å². The maximum absolute atomic E-state index is 15.7. The Morgan fingerprint density at radius 1 is 1.18 bits per heavy atom. The predicted octanol–water partition coefficient (Wildman–Crippen LogP) is 0.471. The Balaban J connectivity index is 1.22. The van der Waals surface area contributed by atoms with Crippen molar-refractivity contribution in [3.63, 3.8) is 0 Å². The van der Waals surface area contributed by atoms with Crippen LogP contribution < -0.4 is 17.0 Å². The monoisotopic (exact) mass is 726 g/mol. The molecule has 7 N–H and O–H groups in total. The first-order chi connectivity index (χ1) is 21.4. The van der Waals surface area contributed by atoms with Crippen molar-refractivity contribution in [3.05, 3.63) is 29.3 Å². The van der Waals surface area contributed by atoms with Crippen molar-refractivity contribution >= 4 is 84.4 Å². The van der Waals surface area contributed by atoms with Crippen LogP contribution in [0.5, 0.6) is 0 Å². The van der Waals surface area contributed by atoms with Crippen LogP contribution in [-0.4, -0.2) is 98.3 Å². The Kier molecular flexibility index (Phi) is 9.22. The average Bonchev–Trinajstić information content (AvgIpc) is 3.73. The zero-order valence-electron chi connectivity index (χ0n) is 22.4. The average molecular weight is 727 g/mol. The van der Waals surface area contributed by atoms with Crippen LogP contribution in [0.4, 0.5) is 16.2 Å². The molecule has 0 aliphatic carbocycles. The number of nitrogens with zero attached hydrogens (tertiary/aromatic N) is 7. The SMILES string of the molecule is Nc1nc2c(ncn2[C@@H]2S[C@H](CO)[C@@H](O)[C@H]2OP(=O)(S)OC[C@H]2O[C@@H](n3cnc4c(N)ncnc43)[C@@H](F)[C@@H]2O[PH](=O)S)c(=O)[nH]1. The maximum Gasteiger partial charge on any atom is 0.386 e. The molecule has 0 bridgehead atoms. The molecule has 0 spiro atoms. The van der Waals surface area contributed by atoms with Crippen molar-refractivity contribution in [2.45, 2.75) is 47.4 Å². The summed E-state index contributed by atoms with van der Waals surface area (Å²) in [6.07, 6.45) is -5.27. The number of nitrogens with one attached hydrogen (secondary N) is 1. The number of imidazole rings is 2. The Morgan fingerprint density at radius 2 is 1.91 bits per heavy atom. The molecule has 45 heavy (non-hydrogen) atoms. The van der Waals surface area contributed by atoms with Gasteiger partial charge in [-0.2, -0.15) is 4.98 Å². The number of aromatic amines is 1. The Morgan fingerprint density at radius 3 is 2.64 bits per heavy atom. The van der Waals surface area contributed by atoms with Crippen LogP contribution in [0.15, 0.2) is 23.8 Å². The van der Waals surface area contributed by atoms with Gasteiger partial charge in [0.05, 0.1) is 37.2 Å². The van der Waals surface area contributed by atoms with Crippen LogP contribution in [0.1, 0.15) is 11.6 Å². The number of aromatic nitrogens is 8. The van der Waals surface area contributed by atoms with Crippen LogP contribution in [0.2, 0.25) is 0 Å². The van der Waals surface area contributed by atoms with E-state index in [4.69, 9.17) is 29.8 Å². The third kappa shape index (κ3) is 6.23. The molecule has 19 nitrogen and oxygen atoms in total. The molecule has 2 fully saturated rings. The molecular formula is C20H25FN10O9P2S3. The Labute approximate surface area is 266 Å². The fourth-order valence-electron chi connectivity index (χ4n) is 5.05. The number of rotatable bonds is 10. The van der Waals surface area contributed by atoms with Crippen molar-refractivity contribution in [2.75, 3.05) is 24.7 Å². The van der Waals surface area contributed by atoms with Gasteiger partial charge in [-0.15, -0.1) is 11.8 Å². The third-order valence-electron chi connectivity index (χ3n) is 7.04. The number of alkyl halides is 1. The van der Waals surface area contributed by atoms with Crippen molar-refractivity contribution in [1.82, 2.24) is 39.0 Å². The third-order valence-corrected chi connectivity index (χ3v) is 11.0. The number of thiol groups is 2. The summed E-state index contributed by atoms with van der Waals surface area (Å²) in [4.78, 5) is 34.8. The summed E-state index contributed by atoms with van der Waals surface area (Å²) in [5, 5.41) is 19.0. The highest BCUT2D eigenvalue weighted by atomic mass is 32.7. The van der Waals surface area contributed by atoms with E-state index in [0.29, 0.717) is 0 Å². The van der Waals surface area contributed by atoms with Crippen LogP contribution in [0.3, 0.4) is 0 Å². The summed E-state index contributed by atoms with van der Waals surface area (Å²) in [6, 6.07) is 0. The van der Waals surface area contributed by atoms with Crippen LogP contribution in [0, 0.1) is 0 Å². The minimum Gasteiger partial charge on any atom is -0.395 e. The van der Waals surface area contributed by atoms with E-state index < -0.39 is 80.2 Å². The van der Waals surface area contributed by atoms with E-state index in [9.17, 15) is 24.1 Å². The second kappa shape index (κ2) is 12.7. The highest BCUT2D eigenvalue weighted by Gasteiger charge is 2.51. The minimum absolute atomic E-state index is 0.0449. The largest absolute Gasteiger partial charge is 0.395 e. The quantitative estimate of drug-likeness (QED) is 0.0864. The first-order valence-corrected chi connectivity index (χ1v) is 19.1. The molecule has 4 aromatic rings. The lowest BCUT2D eigenvalue weighted by Crippen LogP contribution is -2.35. The molecule has 25 heteroatoms. The van der Waals surface area contributed by atoms with Gasteiger partial charge in [0, 0.05) is 0 Å². The van der Waals surface area contributed by atoms with E-state index in [0.717, 1.165) is 18.1 Å². The van der Waals surface area contributed by atoms with Gasteiger partial charge in [-0.25, -0.2) is 28.9 Å². The van der Waals surface area contributed by atoms with Gasteiger partial charge in [0.1, 0.15) is 35.5 Å². The number of nitrogens with two attached hydrogens (primary N) is 2. The molecule has 0 radical (unpaired) electrons. The lowest BCUT2D eigenvalue weighted by atomic mass is 10.1. The number of anilines is 2. The van der Waals surface area contributed by atoms with Crippen LogP contribution in [-0.2, 0) is 27.4 Å². The second-order valence-corrected chi connectivity index (χ2v) is 15.9. The molecule has 2 unspecified atom stereocenters. The normalized spacial score (nSPS) is 30.7. The molecule has 244 valence electrons. The number of hydrogen-bond donors (Lipinski definition) is 7. The summed E-state index contributed by atoms with van der Waals surface area (Å²) < 4.78 is 65.9. The molecule has 2 saturated heterocycles. The molecule has 2 aliphatic heterocycles. The van der Waals surface area contributed by atoms with Crippen molar-refractivity contribution in [2.24, 2.45) is 0 Å². The van der Waals surface area contributed by atoms with E-state index >= 15 is 4.39 Å². The molecule has 2 aliphatic rings. The Hall–Kier alpha value is -2.30. The second-order valence-electron chi connectivity index (χ2n) is 9.79. The van der Waals surface area contributed by atoms with Gasteiger partial charge in [0.25, 0.3) is 5.56 Å². The summed E-state index contributed by atoms with van der Waals surface area (Å²) in [5.41, 5.74) is 11.2. The standard InChI is InChI=1S/C20H25FN10O9P2S3/c21-8-12(39-41(35)43)6(38-18(8)30-4-26-9-14(22)24-3-25-15(9)30)2-37-42(36,44)40-13-11(33)7(1-32)45-19(13)31-5-27-10-16(31)28-20(23)29-17(10)34/h3-8,11-13,18-19,32-33,41H,1-2H2,(H,35,43)(H,36,44)(H2,22,24,25)(H3,23,28,29,34)/t6-,7-,8+,11-,12-,13-,18-,19-,42?/m1/s1. The highest BCUT2D eigenvalue weighted by Crippen LogP contribution is 2.59. The van der Waals surface area contributed by atoms with Crippen LogP contribution >= 0.6 is 50.3 Å². The van der Waals surface area contributed by atoms with Gasteiger partial charge in [-0.05, 0) is 0 Å².